The lowest BCUT2D eigenvalue weighted by atomic mass is 9.99. The largest absolute Gasteiger partial charge is 0.394 e. The molecule has 1 saturated heterocycles. The van der Waals surface area contributed by atoms with Crippen LogP contribution in [0, 0.1) is 0 Å². The number of ether oxygens (including phenoxy) is 2. The Kier molecular flexibility index (Phi) is 50.1. The molecule has 428 valence electrons. The standard InChI is InChI=1S/C66H111NO8/c1-3-5-7-9-11-13-15-17-19-21-22-23-24-25-26-27-28-29-30-31-32-33-34-35-36-37-38-40-42-44-46-48-50-52-54-56-62(70)67-59(58-74-66-65(73)64(72)63(71)61(57-68)75-66)60(69)55-53-51-49-47-45-43-41-39-20-18-16-14-12-10-8-6-4-2/h5,7,11,13,17,19,22-23,25-26,28-29,31-32,34-35,37-38,53,55,59-61,63-66,68-69,71-73H,3-4,6,8-10,12,14-16,18,20-21,24,27,30,33,36,39-52,54,56-58H2,1-2H3,(H,67,70)/b7-5-,13-11-,19-17-,23-22-,26-25-,29-28-,32-31-,35-34-,38-37-,55-53+. The number of carbonyl (C=O) groups is 1. The third kappa shape index (κ3) is 43.3. The lowest BCUT2D eigenvalue weighted by Crippen LogP contribution is -2.60. The highest BCUT2D eigenvalue weighted by atomic mass is 16.7. The summed E-state index contributed by atoms with van der Waals surface area (Å²) in [5, 5.41) is 54.5. The van der Waals surface area contributed by atoms with E-state index in [4.69, 9.17) is 9.47 Å². The van der Waals surface area contributed by atoms with E-state index in [-0.39, 0.29) is 12.5 Å². The topological polar surface area (TPSA) is 149 Å². The van der Waals surface area contributed by atoms with Crippen LogP contribution in [0.2, 0.25) is 0 Å². The van der Waals surface area contributed by atoms with E-state index in [0.717, 1.165) is 109 Å². The summed E-state index contributed by atoms with van der Waals surface area (Å²) in [5.41, 5.74) is 0. The molecule has 0 spiro atoms. The minimum absolute atomic E-state index is 0.192. The normalized spacial score (nSPS) is 19.8. The van der Waals surface area contributed by atoms with Gasteiger partial charge in [-0.3, -0.25) is 4.79 Å². The molecule has 1 rings (SSSR count). The number of hydrogen-bond acceptors (Lipinski definition) is 8. The van der Waals surface area contributed by atoms with Gasteiger partial charge >= 0.3 is 0 Å². The van der Waals surface area contributed by atoms with Crippen molar-refractivity contribution in [2.75, 3.05) is 13.2 Å². The van der Waals surface area contributed by atoms with Gasteiger partial charge in [0, 0.05) is 6.42 Å². The van der Waals surface area contributed by atoms with E-state index in [9.17, 15) is 30.3 Å². The summed E-state index contributed by atoms with van der Waals surface area (Å²) in [6.07, 6.45) is 74.0. The van der Waals surface area contributed by atoms with Crippen molar-refractivity contribution < 1.29 is 39.8 Å². The zero-order valence-corrected chi connectivity index (χ0v) is 47.5. The van der Waals surface area contributed by atoms with Crippen molar-refractivity contribution in [3.63, 3.8) is 0 Å². The minimum Gasteiger partial charge on any atom is -0.394 e. The van der Waals surface area contributed by atoms with Crippen LogP contribution in [0.15, 0.2) is 122 Å². The van der Waals surface area contributed by atoms with Gasteiger partial charge in [-0.15, -0.1) is 0 Å². The first-order chi connectivity index (χ1) is 36.8. The Morgan fingerprint density at radius 1 is 0.467 bits per heavy atom. The fraction of sp³-hybridized carbons (Fsp3) is 0.682. The number of rotatable bonds is 50. The van der Waals surface area contributed by atoms with Gasteiger partial charge in [0.2, 0.25) is 5.91 Å². The average Bonchev–Trinajstić information content (AvgIpc) is 3.41. The zero-order valence-electron chi connectivity index (χ0n) is 47.5. The lowest BCUT2D eigenvalue weighted by molar-refractivity contribution is -0.302. The molecule has 6 N–H and O–H groups in total. The monoisotopic (exact) mass is 1050 g/mol. The molecular formula is C66H111NO8. The summed E-state index contributed by atoms with van der Waals surface area (Å²) in [7, 11) is 0. The van der Waals surface area contributed by atoms with Gasteiger partial charge in [0.1, 0.15) is 24.4 Å². The lowest BCUT2D eigenvalue weighted by Gasteiger charge is -2.40. The number of allylic oxidation sites excluding steroid dienone is 19. The Balaban J connectivity index is 2.21. The fourth-order valence-corrected chi connectivity index (χ4v) is 8.80. The molecule has 0 bridgehead atoms. The molecule has 0 radical (unpaired) electrons. The van der Waals surface area contributed by atoms with E-state index < -0.39 is 49.5 Å². The molecule has 1 aliphatic rings. The number of carbonyl (C=O) groups excluding carboxylic acids is 1. The maximum atomic E-state index is 13.1. The molecule has 1 amide bonds. The van der Waals surface area contributed by atoms with Crippen LogP contribution in [0.25, 0.3) is 0 Å². The predicted octanol–water partition coefficient (Wildman–Crippen LogP) is 15.5. The highest BCUT2D eigenvalue weighted by Gasteiger charge is 2.44. The van der Waals surface area contributed by atoms with Gasteiger partial charge < -0.3 is 40.3 Å². The highest BCUT2D eigenvalue weighted by Crippen LogP contribution is 2.23. The summed E-state index contributed by atoms with van der Waals surface area (Å²) in [6.45, 7) is 3.66. The summed E-state index contributed by atoms with van der Waals surface area (Å²) < 4.78 is 11.3. The molecule has 1 aliphatic heterocycles. The maximum absolute atomic E-state index is 13.1. The van der Waals surface area contributed by atoms with Gasteiger partial charge in [0.25, 0.3) is 0 Å². The Hall–Kier alpha value is -3.41. The van der Waals surface area contributed by atoms with Crippen LogP contribution in [0.1, 0.15) is 232 Å². The molecule has 0 saturated carbocycles. The molecule has 1 fully saturated rings. The second kappa shape index (κ2) is 54.0. The predicted molar refractivity (Wildman–Crippen MR) is 317 cm³/mol. The van der Waals surface area contributed by atoms with Crippen molar-refractivity contribution in [1.82, 2.24) is 5.32 Å². The molecule has 0 aromatic rings. The van der Waals surface area contributed by atoms with E-state index in [1.54, 1.807) is 6.08 Å². The maximum Gasteiger partial charge on any atom is 0.220 e. The number of hydrogen-bond donors (Lipinski definition) is 6. The van der Waals surface area contributed by atoms with Gasteiger partial charge in [-0.05, 0) is 89.9 Å². The Morgan fingerprint density at radius 2 is 0.827 bits per heavy atom. The molecule has 1 heterocycles. The van der Waals surface area contributed by atoms with Crippen LogP contribution in [0.5, 0.6) is 0 Å². The van der Waals surface area contributed by atoms with Crippen LogP contribution >= 0.6 is 0 Å². The first kappa shape index (κ1) is 69.6. The molecule has 0 aromatic carbocycles. The zero-order chi connectivity index (χ0) is 54.3. The van der Waals surface area contributed by atoms with Crippen molar-refractivity contribution in [2.24, 2.45) is 0 Å². The van der Waals surface area contributed by atoms with Crippen LogP contribution in [-0.2, 0) is 14.3 Å². The van der Waals surface area contributed by atoms with E-state index in [1.807, 2.05) is 6.08 Å². The van der Waals surface area contributed by atoms with Crippen molar-refractivity contribution in [1.29, 1.82) is 0 Å². The number of unbranched alkanes of at least 4 members (excludes halogenated alkanes) is 22. The van der Waals surface area contributed by atoms with Crippen molar-refractivity contribution in [2.45, 2.75) is 275 Å². The van der Waals surface area contributed by atoms with Crippen molar-refractivity contribution in [3.05, 3.63) is 122 Å². The third-order valence-corrected chi connectivity index (χ3v) is 13.5. The Morgan fingerprint density at radius 3 is 1.23 bits per heavy atom. The fourth-order valence-electron chi connectivity index (χ4n) is 8.80. The quantitative estimate of drug-likeness (QED) is 0.0261. The number of aliphatic hydroxyl groups is 5. The van der Waals surface area contributed by atoms with Gasteiger partial charge in [0.15, 0.2) is 6.29 Å². The number of amides is 1. The smallest absolute Gasteiger partial charge is 0.220 e. The van der Waals surface area contributed by atoms with Crippen molar-refractivity contribution >= 4 is 5.91 Å². The Bertz CT molecular complexity index is 1590. The molecule has 7 unspecified atom stereocenters. The average molecular weight is 1050 g/mol. The van der Waals surface area contributed by atoms with Crippen LogP contribution in [0.3, 0.4) is 0 Å². The van der Waals surface area contributed by atoms with Gasteiger partial charge in [-0.2, -0.15) is 0 Å². The summed E-state index contributed by atoms with van der Waals surface area (Å²) >= 11 is 0. The highest BCUT2D eigenvalue weighted by molar-refractivity contribution is 5.76. The first-order valence-corrected chi connectivity index (χ1v) is 30.3. The second-order valence-corrected chi connectivity index (χ2v) is 20.4. The molecule has 75 heavy (non-hydrogen) atoms. The van der Waals surface area contributed by atoms with Crippen LogP contribution in [-0.4, -0.2) is 87.5 Å². The summed E-state index contributed by atoms with van der Waals surface area (Å²) in [6, 6.07) is -0.820. The van der Waals surface area contributed by atoms with Crippen LogP contribution in [0.4, 0.5) is 0 Å². The van der Waals surface area contributed by atoms with E-state index in [2.05, 4.69) is 129 Å². The van der Waals surface area contributed by atoms with Gasteiger partial charge in [-0.1, -0.05) is 257 Å². The third-order valence-electron chi connectivity index (χ3n) is 13.5. The molecule has 9 nitrogen and oxygen atoms in total. The summed E-state index contributed by atoms with van der Waals surface area (Å²) in [4.78, 5) is 13.1. The molecule has 0 aliphatic carbocycles. The molecule has 9 heteroatoms. The van der Waals surface area contributed by atoms with Crippen LogP contribution < -0.4 is 5.32 Å². The first-order valence-electron chi connectivity index (χ1n) is 30.3. The number of nitrogens with one attached hydrogen (secondary N) is 1. The molecule has 0 aromatic heterocycles. The molecule has 7 atom stereocenters. The second-order valence-electron chi connectivity index (χ2n) is 20.4. The summed E-state index contributed by atoms with van der Waals surface area (Å²) in [5.74, 6) is -0.192. The Labute approximate surface area is 458 Å². The van der Waals surface area contributed by atoms with Gasteiger partial charge in [0.05, 0.1) is 25.4 Å². The van der Waals surface area contributed by atoms with E-state index in [1.165, 1.54) is 103 Å². The van der Waals surface area contributed by atoms with Gasteiger partial charge in [-0.25, -0.2) is 0 Å². The van der Waals surface area contributed by atoms with E-state index >= 15 is 0 Å². The minimum atomic E-state index is -1.58. The molecular weight excluding hydrogens is 935 g/mol. The van der Waals surface area contributed by atoms with E-state index in [0.29, 0.717) is 6.42 Å². The SMILES string of the molecule is CC/C=C\C/C=C\C/C=C\C/C=C\C/C=C\C/C=C\C/C=C\C/C=C\C/C=C\CCCCCCCCCC(=O)NC(COC1OC(CO)C(O)C(O)C1O)C(O)/C=C/CCCCCCCCCCCCCCCCC. The van der Waals surface area contributed by atoms with Crippen molar-refractivity contribution in [3.8, 4) is 0 Å². The number of aliphatic hydroxyl groups excluding tert-OH is 5.